The summed E-state index contributed by atoms with van der Waals surface area (Å²) in [6.45, 7) is 9.61. The molecule has 0 bridgehead atoms. The molecule has 110 valence electrons. The van der Waals surface area contributed by atoms with Crippen LogP contribution in [-0.4, -0.2) is 30.4 Å². The highest BCUT2D eigenvalue weighted by Crippen LogP contribution is 2.17. The molecule has 1 heterocycles. The number of hydrogen-bond donors (Lipinski definition) is 1. The number of rotatable bonds is 4. The molecule has 1 saturated heterocycles. The highest BCUT2D eigenvalue weighted by molar-refractivity contribution is 5.90. The van der Waals surface area contributed by atoms with Crippen molar-refractivity contribution >= 4 is 11.6 Å². The average molecular weight is 274 g/mol. The number of aryl methyl sites for hydroxylation is 2. The topological polar surface area (TPSA) is 32.3 Å². The predicted molar refractivity (Wildman–Crippen MR) is 84.0 cm³/mol. The highest BCUT2D eigenvalue weighted by atomic mass is 16.1. The van der Waals surface area contributed by atoms with Gasteiger partial charge in [0.05, 0.1) is 0 Å². The van der Waals surface area contributed by atoms with E-state index in [1.807, 2.05) is 12.1 Å². The van der Waals surface area contributed by atoms with Gasteiger partial charge in [0.2, 0.25) is 5.91 Å². The van der Waals surface area contributed by atoms with E-state index >= 15 is 0 Å². The third-order valence-electron chi connectivity index (χ3n) is 4.32. The Morgan fingerprint density at radius 1 is 1.25 bits per heavy atom. The molecule has 2 rings (SSSR count). The third kappa shape index (κ3) is 4.34. The minimum Gasteiger partial charge on any atom is -0.326 e. The number of carbonyl (C=O) groups excluding carboxylic acids is 1. The SMILES string of the molecule is Cc1ccc(NC(=O)CCN2CCC(C)CC2)cc1C. The molecular weight excluding hydrogens is 248 g/mol. The predicted octanol–water partition coefficient (Wildman–Crippen LogP) is 3.36. The molecule has 1 aliphatic rings. The van der Waals surface area contributed by atoms with Crippen LogP contribution in [0.2, 0.25) is 0 Å². The molecule has 0 spiro atoms. The van der Waals surface area contributed by atoms with Crippen LogP contribution < -0.4 is 5.32 Å². The molecule has 0 aromatic heterocycles. The van der Waals surface area contributed by atoms with Crippen molar-refractivity contribution in [3.63, 3.8) is 0 Å². The fraction of sp³-hybridized carbons (Fsp3) is 0.588. The Hall–Kier alpha value is -1.35. The second-order valence-electron chi connectivity index (χ2n) is 6.12. The molecule has 0 unspecified atom stereocenters. The lowest BCUT2D eigenvalue weighted by atomic mass is 9.99. The number of nitrogens with zero attached hydrogens (tertiary/aromatic N) is 1. The van der Waals surface area contributed by atoms with Crippen LogP contribution in [0.1, 0.15) is 37.3 Å². The standard InChI is InChI=1S/C17H26N2O/c1-13-6-9-19(10-7-13)11-8-17(20)18-16-5-4-14(2)15(3)12-16/h4-5,12-13H,6-11H2,1-3H3,(H,18,20). The second kappa shape index (κ2) is 6.89. The van der Waals surface area contributed by atoms with Crippen LogP contribution in [0.3, 0.4) is 0 Å². The van der Waals surface area contributed by atoms with Crippen LogP contribution in [0.25, 0.3) is 0 Å². The van der Waals surface area contributed by atoms with Crippen LogP contribution in [0.15, 0.2) is 18.2 Å². The van der Waals surface area contributed by atoms with Crippen molar-refractivity contribution in [1.82, 2.24) is 4.90 Å². The number of likely N-dealkylation sites (tertiary alicyclic amines) is 1. The van der Waals surface area contributed by atoms with Crippen molar-refractivity contribution in [1.29, 1.82) is 0 Å². The highest BCUT2D eigenvalue weighted by Gasteiger charge is 2.16. The van der Waals surface area contributed by atoms with Gasteiger partial charge in [-0.1, -0.05) is 13.0 Å². The fourth-order valence-corrected chi connectivity index (χ4v) is 2.59. The van der Waals surface area contributed by atoms with Gasteiger partial charge in [-0.15, -0.1) is 0 Å². The Kier molecular flexibility index (Phi) is 5.18. The maximum absolute atomic E-state index is 12.0. The average Bonchev–Trinajstić information content (AvgIpc) is 2.42. The Balaban J connectivity index is 1.76. The van der Waals surface area contributed by atoms with Crippen molar-refractivity contribution < 1.29 is 4.79 Å². The van der Waals surface area contributed by atoms with Gasteiger partial charge in [-0.3, -0.25) is 4.79 Å². The van der Waals surface area contributed by atoms with E-state index in [2.05, 4.69) is 37.1 Å². The number of benzene rings is 1. The van der Waals surface area contributed by atoms with E-state index in [1.54, 1.807) is 0 Å². The summed E-state index contributed by atoms with van der Waals surface area (Å²) in [6.07, 6.45) is 3.11. The number of anilines is 1. The molecule has 3 heteroatoms. The number of piperidine rings is 1. The van der Waals surface area contributed by atoms with Crippen LogP contribution in [0.4, 0.5) is 5.69 Å². The first-order valence-corrected chi connectivity index (χ1v) is 7.64. The van der Waals surface area contributed by atoms with Crippen LogP contribution in [-0.2, 0) is 4.79 Å². The van der Waals surface area contributed by atoms with Gasteiger partial charge in [0, 0.05) is 18.7 Å². The molecule has 1 aliphatic heterocycles. The molecule has 1 fully saturated rings. The zero-order chi connectivity index (χ0) is 14.5. The van der Waals surface area contributed by atoms with Crippen molar-refractivity contribution in [3.05, 3.63) is 29.3 Å². The minimum atomic E-state index is 0.117. The molecule has 1 amide bonds. The summed E-state index contributed by atoms with van der Waals surface area (Å²) in [4.78, 5) is 14.4. The Morgan fingerprint density at radius 3 is 2.60 bits per heavy atom. The van der Waals surface area contributed by atoms with Gasteiger partial charge >= 0.3 is 0 Å². The molecule has 3 nitrogen and oxygen atoms in total. The summed E-state index contributed by atoms with van der Waals surface area (Å²) in [7, 11) is 0. The largest absolute Gasteiger partial charge is 0.326 e. The van der Waals surface area contributed by atoms with E-state index in [4.69, 9.17) is 0 Å². The maximum atomic E-state index is 12.0. The number of nitrogens with one attached hydrogen (secondary N) is 1. The number of amides is 1. The van der Waals surface area contributed by atoms with Crippen molar-refractivity contribution in [2.24, 2.45) is 5.92 Å². The van der Waals surface area contributed by atoms with Gasteiger partial charge in [0.1, 0.15) is 0 Å². The lowest BCUT2D eigenvalue weighted by molar-refractivity contribution is -0.116. The lowest BCUT2D eigenvalue weighted by Gasteiger charge is -2.29. The van der Waals surface area contributed by atoms with Crippen molar-refractivity contribution in [3.8, 4) is 0 Å². The van der Waals surface area contributed by atoms with Gasteiger partial charge < -0.3 is 10.2 Å². The summed E-state index contributed by atoms with van der Waals surface area (Å²) in [5.74, 6) is 0.961. The van der Waals surface area contributed by atoms with Gasteiger partial charge in [-0.25, -0.2) is 0 Å². The summed E-state index contributed by atoms with van der Waals surface area (Å²) >= 11 is 0. The lowest BCUT2D eigenvalue weighted by Crippen LogP contribution is -2.35. The summed E-state index contributed by atoms with van der Waals surface area (Å²) < 4.78 is 0. The van der Waals surface area contributed by atoms with Crippen LogP contribution in [0, 0.1) is 19.8 Å². The monoisotopic (exact) mass is 274 g/mol. The molecule has 1 N–H and O–H groups in total. The van der Waals surface area contributed by atoms with Crippen LogP contribution >= 0.6 is 0 Å². The minimum absolute atomic E-state index is 0.117. The molecule has 1 aromatic carbocycles. The first-order valence-electron chi connectivity index (χ1n) is 7.64. The van der Waals surface area contributed by atoms with Gasteiger partial charge in [0.25, 0.3) is 0 Å². The van der Waals surface area contributed by atoms with Crippen molar-refractivity contribution in [2.45, 2.75) is 40.0 Å². The molecule has 0 aliphatic carbocycles. The summed E-state index contributed by atoms with van der Waals surface area (Å²) in [6, 6.07) is 6.07. The Bertz CT molecular complexity index is 462. The van der Waals surface area contributed by atoms with Gasteiger partial charge in [0.15, 0.2) is 0 Å². The molecule has 0 saturated carbocycles. The van der Waals surface area contributed by atoms with E-state index in [0.717, 1.165) is 31.2 Å². The Labute approximate surface area is 122 Å². The molecule has 0 radical (unpaired) electrons. The quantitative estimate of drug-likeness (QED) is 0.913. The van der Waals surface area contributed by atoms with E-state index in [-0.39, 0.29) is 5.91 Å². The second-order valence-corrected chi connectivity index (χ2v) is 6.12. The number of carbonyl (C=O) groups is 1. The van der Waals surface area contributed by atoms with Crippen molar-refractivity contribution in [2.75, 3.05) is 25.0 Å². The maximum Gasteiger partial charge on any atom is 0.225 e. The normalized spacial score (nSPS) is 17.1. The van der Waals surface area contributed by atoms with Crippen LogP contribution in [0.5, 0.6) is 0 Å². The van der Waals surface area contributed by atoms with E-state index < -0.39 is 0 Å². The van der Waals surface area contributed by atoms with E-state index in [0.29, 0.717) is 6.42 Å². The van der Waals surface area contributed by atoms with E-state index in [9.17, 15) is 4.79 Å². The number of hydrogen-bond acceptors (Lipinski definition) is 2. The Morgan fingerprint density at radius 2 is 1.95 bits per heavy atom. The first kappa shape index (κ1) is 15.0. The summed E-state index contributed by atoms with van der Waals surface area (Å²) in [5, 5.41) is 2.99. The summed E-state index contributed by atoms with van der Waals surface area (Å²) in [5.41, 5.74) is 3.38. The van der Waals surface area contributed by atoms with Gasteiger partial charge in [-0.2, -0.15) is 0 Å². The fourth-order valence-electron chi connectivity index (χ4n) is 2.59. The first-order chi connectivity index (χ1) is 9.54. The van der Waals surface area contributed by atoms with E-state index in [1.165, 1.54) is 24.0 Å². The smallest absolute Gasteiger partial charge is 0.225 e. The molecule has 0 atom stereocenters. The zero-order valence-electron chi connectivity index (χ0n) is 12.9. The molecular formula is C17H26N2O. The van der Waals surface area contributed by atoms with Gasteiger partial charge in [-0.05, 0) is 69.0 Å². The molecule has 1 aromatic rings. The zero-order valence-corrected chi connectivity index (χ0v) is 12.9. The third-order valence-corrected chi connectivity index (χ3v) is 4.32. The molecule has 20 heavy (non-hydrogen) atoms.